The van der Waals surface area contributed by atoms with Crippen molar-refractivity contribution in [1.82, 2.24) is 0 Å². The van der Waals surface area contributed by atoms with Gasteiger partial charge in [-0.3, -0.25) is 4.79 Å². The molecular weight excluding hydrogens is 478 g/mol. The van der Waals surface area contributed by atoms with Crippen molar-refractivity contribution >= 4 is 27.5 Å². The second kappa shape index (κ2) is 11.9. The Hall–Kier alpha value is -2.49. The lowest BCUT2D eigenvalue weighted by Gasteiger charge is -2.29. The molecule has 0 saturated carbocycles. The first-order valence-electron chi connectivity index (χ1n) is 10.4. The Kier molecular flexibility index (Phi) is 9.01. The maximum Gasteiger partial charge on any atom is 0.297 e. The Balaban J connectivity index is 1.69. The Labute approximate surface area is 196 Å². The van der Waals surface area contributed by atoms with Crippen LogP contribution >= 0.6 is 15.9 Å². The zero-order valence-electron chi connectivity index (χ0n) is 18.5. The van der Waals surface area contributed by atoms with E-state index < -0.39 is 12.0 Å². The normalized spacial score (nSPS) is 15.1. The third-order valence-corrected chi connectivity index (χ3v) is 5.84. The Morgan fingerprint density at radius 3 is 2.31 bits per heavy atom. The fourth-order valence-corrected chi connectivity index (χ4v) is 3.96. The highest BCUT2D eigenvalue weighted by atomic mass is 79.9. The lowest BCUT2D eigenvalue weighted by Crippen LogP contribution is -2.36. The zero-order valence-corrected chi connectivity index (χ0v) is 20.1. The maximum absolute atomic E-state index is 12.7. The molecule has 0 N–H and O–H groups in total. The van der Waals surface area contributed by atoms with Crippen LogP contribution in [0.3, 0.4) is 0 Å². The molecule has 1 aliphatic rings. The lowest BCUT2D eigenvalue weighted by atomic mass is 10.1. The van der Waals surface area contributed by atoms with Gasteiger partial charge in [-0.15, -0.1) is 5.11 Å². The number of morpholine rings is 1. The summed E-state index contributed by atoms with van der Waals surface area (Å²) in [5.41, 5.74) is 2.65. The summed E-state index contributed by atoms with van der Waals surface area (Å²) in [6.07, 6.45) is -0.795. The third-order valence-electron chi connectivity index (χ3n) is 5.06. The van der Waals surface area contributed by atoms with E-state index in [1.807, 2.05) is 43.3 Å². The van der Waals surface area contributed by atoms with Crippen LogP contribution in [0.5, 0.6) is 11.5 Å². The first-order valence-corrected chi connectivity index (χ1v) is 11.2. The van der Waals surface area contributed by atoms with Crippen molar-refractivity contribution in [2.24, 2.45) is 10.2 Å². The second-order valence-electron chi connectivity index (χ2n) is 7.08. The highest BCUT2D eigenvalue weighted by molar-refractivity contribution is 9.10. The van der Waals surface area contributed by atoms with Gasteiger partial charge in [0.05, 0.1) is 34.0 Å². The molecule has 0 aromatic heterocycles. The fourth-order valence-electron chi connectivity index (χ4n) is 3.41. The maximum atomic E-state index is 12.7. The monoisotopic (exact) mass is 505 g/mol. The van der Waals surface area contributed by atoms with Crippen LogP contribution < -0.4 is 14.4 Å². The van der Waals surface area contributed by atoms with Crippen molar-refractivity contribution in [3.8, 4) is 11.5 Å². The minimum Gasteiger partial charge on any atom is -0.495 e. The van der Waals surface area contributed by atoms with Gasteiger partial charge in [-0.25, -0.2) is 0 Å². The lowest BCUT2D eigenvalue weighted by molar-refractivity contribution is -0.130. The standard InChI is InChI=1S/C23H28BrN3O5/c1-4-32-22(17-5-7-18(8-6-17)27-9-11-31-12-10-27)23(28)26-25-15-16-13-19(29-2)21(24)20(14-16)30-3/h5-8,13-14,22H,4,9-12,15H2,1-3H3/t22-/m0/s1. The van der Waals surface area contributed by atoms with Gasteiger partial charge in [-0.2, -0.15) is 5.11 Å². The molecule has 0 aliphatic carbocycles. The number of hydrogen-bond donors (Lipinski definition) is 0. The summed E-state index contributed by atoms with van der Waals surface area (Å²) in [6, 6.07) is 11.4. The molecular formula is C23H28BrN3O5. The quantitative estimate of drug-likeness (QED) is 0.464. The highest BCUT2D eigenvalue weighted by Crippen LogP contribution is 2.35. The van der Waals surface area contributed by atoms with Gasteiger partial charge < -0.3 is 23.8 Å². The summed E-state index contributed by atoms with van der Waals surface area (Å²) >= 11 is 3.44. The minimum atomic E-state index is -0.795. The van der Waals surface area contributed by atoms with Crippen molar-refractivity contribution < 1.29 is 23.7 Å². The van der Waals surface area contributed by atoms with E-state index in [1.54, 1.807) is 14.2 Å². The summed E-state index contributed by atoms with van der Waals surface area (Å²) in [6.45, 7) is 5.59. The molecule has 172 valence electrons. The predicted molar refractivity (Wildman–Crippen MR) is 125 cm³/mol. The van der Waals surface area contributed by atoms with Crippen molar-refractivity contribution in [2.75, 3.05) is 52.0 Å². The summed E-state index contributed by atoms with van der Waals surface area (Å²) in [5, 5.41) is 7.99. The molecule has 0 bridgehead atoms. The summed E-state index contributed by atoms with van der Waals surface area (Å²) in [7, 11) is 3.15. The van der Waals surface area contributed by atoms with E-state index in [1.165, 1.54) is 0 Å². The van der Waals surface area contributed by atoms with E-state index in [0.29, 0.717) is 18.1 Å². The number of hydrogen-bond acceptors (Lipinski definition) is 7. The second-order valence-corrected chi connectivity index (χ2v) is 7.87. The number of halogens is 1. The highest BCUT2D eigenvalue weighted by Gasteiger charge is 2.21. The van der Waals surface area contributed by atoms with Crippen LogP contribution in [0.25, 0.3) is 0 Å². The largest absolute Gasteiger partial charge is 0.495 e. The van der Waals surface area contributed by atoms with Gasteiger partial charge in [0.1, 0.15) is 16.0 Å². The molecule has 2 aromatic carbocycles. The van der Waals surface area contributed by atoms with Crippen molar-refractivity contribution in [1.29, 1.82) is 0 Å². The van der Waals surface area contributed by atoms with Crippen LogP contribution in [0.2, 0.25) is 0 Å². The van der Waals surface area contributed by atoms with Gasteiger partial charge in [0.15, 0.2) is 6.10 Å². The number of carbonyl (C=O) groups excluding carboxylic acids is 1. The average molecular weight is 506 g/mol. The van der Waals surface area contributed by atoms with E-state index in [-0.39, 0.29) is 6.54 Å². The number of nitrogens with zero attached hydrogens (tertiary/aromatic N) is 3. The van der Waals surface area contributed by atoms with E-state index in [0.717, 1.165) is 47.6 Å². The number of ether oxygens (including phenoxy) is 4. The van der Waals surface area contributed by atoms with Gasteiger partial charge in [0.2, 0.25) is 0 Å². The Morgan fingerprint density at radius 2 is 1.75 bits per heavy atom. The van der Waals surface area contributed by atoms with Crippen LogP contribution in [0.4, 0.5) is 5.69 Å². The topological polar surface area (TPSA) is 82.0 Å². The van der Waals surface area contributed by atoms with Crippen LogP contribution in [-0.4, -0.2) is 53.0 Å². The van der Waals surface area contributed by atoms with Crippen molar-refractivity contribution in [3.05, 3.63) is 52.0 Å². The SMILES string of the molecule is CCO[C@H](C(=O)N=NCc1cc(OC)c(Br)c(OC)c1)c1ccc(N2CCOCC2)cc1. The van der Waals surface area contributed by atoms with Gasteiger partial charge in [-0.05, 0) is 58.2 Å². The number of rotatable bonds is 9. The summed E-state index contributed by atoms with van der Waals surface area (Å²) in [4.78, 5) is 15.0. The predicted octanol–water partition coefficient (Wildman–Crippen LogP) is 4.56. The Morgan fingerprint density at radius 1 is 1.12 bits per heavy atom. The molecule has 1 heterocycles. The molecule has 32 heavy (non-hydrogen) atoms. The molecule has 1 amide bonds. The van der Waals surface area contributed by atoms with Crippen LogP contribution in [0.15, 0.2) is 51.1 Å². The molecule has 1 atom stereocenters. The first kappa shape index (κ1) is 24.2. The first-order chi connectivity index (χ1) is 15.6. The van der Waals surface area contributed by atoms with Crippen molar-refractivity contribution in [2.45, 2.75) is 19.6 Å². The molecule has 0 spiro atoms. The van der Waals surface area contributed by atoms with Crippen molar-refractivity contribution in [3.63, 3.8) is 0 Å². The fraction of sp³-hybridized carbons (Fsp3) is 0.435. The third kappa shape index (κ3) is 6.05. The van der Waals surface area contributed by atoms with E-state index in [2.05, 4.69) is 31.1 Å². The molecule has 8 nitrogen and oxygen atoms in total. The van der Waals surface area contributed by atoms with Crippen LogP contribution in [-0.2, 0) is 20.8 Å². The zero-order chi connectivity index (χ0) is 22.9. The minimum absolute atomic E-state index is 0.209. The summed E-state index contributed by atoms with van der Waals surface area (Å²) < 4.78 is 22.5. The Bertz CT molecular complexity index is 905. The van der Waals surface area contributed by atoms with Gasteiger partial charge in [-0.1, -0.05) is 12.1 Å². The number of azo groups is 1. The molecule has 1 aliphatic heterocycles. The van der Waals surface area contributed by atoms with Crippen LogP contribution in [0, 0.1) is 0 Å². The number of benzene rings is 2. The molecule has 2 aromatic rings. The molecule has 1 fully saturated rings. The smallest absolute Gasteiger partial charge is 0.297 e. The molecule has 0 unspecified atom stereocenters. The number of amides is 1. The van der Waals surface area contributed by atoms with Gasteiger partial charge in [0.25, 0.3) is 5.91 Å². The molecule has 9 heteroatoms. The van der Waals surface area contributed by atoms with Gasteiger partial charge >= 0.3 is 0 Å². The number of carbonyl (C=O) groups is 1. The van der Waals surface area contributed by atoms with E-state index in [4.69, 9.17) is 18.9 Å². The van der Waals surface area contributed by atoms with E-state index in [9.17, 15) is 4.79 Å². The van der Waals surface area contributed by atoms with Crippen LogP contribution in [0.1, 0.15) is 24.2 Å². The summed E-state index contributed by atoms with van der Waals surface area (Å²) in [5.74, 6) is 0.795. The van der Waals surface area contributed by atoms with Gasteiger partial charge in [0, 0.05) is 25.4 Å². The molecule has 0 radical (unpaired) electrons. The molecule has 1 saturated heterocycles. The molecule has 3 rings (SSSR count). The number of anilines is 1. The number of methoxy groups -OCH3 is 2. The average Bonchev–Trinajstić information content (AvgIpc) is 2.84. The van der Waals surface area contributed by atoms with E-state index >= 15 is 0 Å².